The molecule has 1 aliphatic heterocycles. The van der Waals surface area contributed by atoms with Crippen LogP contribution in [0.25, 0.3) is 0 Å². The minimum atomic E-state index is -0.670. The van der Waals surface area contributed by atoms with Crippen LogP contribution in [0.15, 0.2) is 65.8 Å². The number of aliphatic imine (C=N–C) groups is 1. The largest absolute Gasteiger partial charge is 0.329 e. The van der Waals surface area contributed by atoms with E-state index in [1.165, 1.54) is 0 Å². The quantitative estimate of drug-likeness (QED) is 0.407. The molecule has 212 valence electrons. The average Bonchev–Trinajstić information content (AvgIpc) is 3.43. The van der Waals surface area contributed by atoms with Gasteiger partial charge in [-0.2, -0.15) is 0 Å². The Balaban J connectivity index is 1.33. The third kappa shape index (κ3) is 5.78. The molecule has 3 amide bonds. The van der Waals surface area contributed by atoms with Crippen LogP contribution in [0.4, 0.5) is 11.5 Å². The van der Waals surface area contributed by atoms with E-state index < -0.39 is 10.8 Å². The molecule has 5 rings (SSSR count). The molecule has 2 aromatic carbocycles. The second-order valence-corrected chi connectivity index (χ2v) is 12.3. The van der Waals surface area contributed by atoms with Gasteiger partial charge in [0.05, 0.1) is 5.41 Å². The number of hydrogen-bond acceptors (Lipinski definition) is 5. The molecule has 1 spiro atoms. The summed E-state index contributed by atoms with van der Waals surface area (Å²) in [5.74, 6) is 0.193. The number of hydrogen-bond donors (Lipinski definition) is 2. The summed E-state index contributed by atoms with van der Waals surface area (Å²) in [6, 6.07) is 17.6. The third-order valence-electron chi connectivity index (χ3n) is 7.66. The van der Waals surface area contributed by atoms with Gasteiger partial charge < -0.3 is 15.5 Å². The third-order valence-corrected chi connectivity index (χ3v) is 7.66. The molecule has 0 bridgehead atoms. The van der Waals surface area contributed by atoms with Crippen LogP contribution in [-0.4, -0.2) is 46.4 Å². The Labute approximate surface area is 241 Å². The lowest BCUT2D eigenvalue weighted by molar-refractivity contribution is -0.142. The summed E-state index contributed by atoms with van der Waals surface area (Å²) >= 11 is 0. The Morgan fingerprint density at radius 3 is 2.61 bits per heavy atom. The van der Waals surface area contributed by atoms with Crippen LogP contribution in [0.2, 0.25) is 0 Å². The maximum absolute atomic E-state index is 13.4. The lowest BCUT2D eigenvalue weighted by Gasteiger charge is -2.29. The first-order valence-electron chi connectivity index (χ1n) is 14.1. The van der Waals surface area contributed by atoms with Gasteiger partial charge in [0.25, 0.3) is 0 Å². The lowest BCUT2D eigenvalue weighted by Crippen LogP contribution is -2.43. The monoisotopic (exact) mass is 551 g/mol. The van der Waals surface area contributed by atoms with Crippen molar-refractivity contribution in [3.05, 3.63) is 88.6 Å². The van der Waals surface area contributed by atoms with Crippen molar-refractivity contribution in [1.29, 1.82) is 0 Å². The fraction of sp³-hybridized carbons (Fsp3) is 0.364. The number of carbonyl (C=O) groups excluding carboxylic acids is 3. The summed E-state index contributed by atoms with van der Waals surface area (Å²) in [4.78, 5) is 50.2. The number of anilines is 2. The fourth-order valence-electron chi connectivity index (χ4n) is 5.63. The Morgan fingerprint density at radius 1 is 1.10 bits per heavy atom. The molecule has 0 fully saturated rings. The maximum atomic E-state index is 13.4. The number of rotatable bonds is 7. The summed E-state index contributed by atoms with van der Waals surface area (Å²) < 4.78 is 0. The van der Waals surface area contributed by atoms with E-state index in [2.05, 4.69) is 20.6 Å². The van der Waals surface area contributed by atoms with Crippen LogP contribution >= 0.6 is 0 Å². The van der Waals surface area contributed by atoms with E-state index in [-0.39, 0.29) is 30.3 Å². The Morgan fingerprint density at radius 2 is 1.85 bits per heavy atom. The zero-order chi connectivity index (χ0) is 29.4. The van der Waals surface area contributed by atoms with E-state index in [4.69, 9.17) is 0 Å². The predicted octanol–water partition coefficient (Wildman–Crippen LogP) is 4.91. The fourth-order valence-corrected chi connectivity index (χ4v) is 5.63. The zero-order valence-corrected chi connectivity index (χ0v) is 24.3. The highest BCUT2D eigenvalue weighted by Gasteiger charge is 2.51. The zero-order valence-electron chi connectivity index (χ0n) is 24.3. The second kappa shape index (κ2) is 10.9. The molecule has 0 saturated heterocycles. The smallest absolute Gasteiger partial charge is 0.244 e. The molecule has 1 atom stereocenters. The lowest BCUT2D eigenvalue weighted by atomic mass is 9.79. The Hall–Kier alpha value is -4.33. The number of benzene rings is 2. The van der Waals surface area contributed by atoms with Crippen molar-refractivity contribution >= 4 is 35.4 Å². The number of aromatic nitrogens is 1. The normalized spacial score (nSPS) is 17.6. The van der Waals surface area contributed by atoms with E-state index in [0.29, 0.717) is 30.9 Å². The van der Waals surface area contributed by atoms with Crippen LogP contribution in [-0.2, 0) is 39.2 Å². The van der Waals surface area contributed by atoms with Crippen LogP contribution in [0.3, 0.4) is 0 Å². The molecule has 8 heteroatoms. The highest BCUT2D eigenvalue weighted by Crippen LogP contribution is 2.46. The van der Waals surface area contributed by atoms with E-state index in [1.54, 1.807) is 11.1 Å². The van der Waals surface area contributed by atoms with E-state index >= 15 is 0 Å². The second-order valence-electron chi connectivity index (χ2n) is 12.3. The molecule has 3 aromatic rings. The molecule has 2 N–H and O–H groups in total. The summed E-state index contributed by atoms with van der Waals surface area (Å²) in [7, 11) is 0. The van der Waals surface area contributed by atoms with Crippen LogP contribution in [0.5, 0.6) is 0 Å². The molecule has 0 saturated carbocycles. The molecule has 0 radical (unpaired) electrons. The first-order valence-corrected chi connectivity index (χ1v) is 14.1. The summed E-state index contributed by atoms with van der Waals surface area (Å²) in [6.07, 6.45) is 4.64. The van der Waals surface area contributed by atoms with Gasteiger partial charge >= 0.3 is 0 Å². The SMILES string of the molecule is CC(C)N=Cc1ccccc1CN(CC(=O)Nc1ccc2c(c1)CC1(C2)C(=O)Nc2ncccc21)C(=O)C(C)(C)C. The van der Waals surface area contributed by atoms with E-state index in [0.717, 1.165) is 27.8 Å². The minimum Gasteiger partial charge on any atom is -0.329 e. The van der Waals surface area contributed by atoms with Crippen LogP contribution in [0, 0.1) is 5.41 Å². The topological polar surface area (TPSA) is 104 Å². The summed E-state index contributed by atoms with van der Waals surface area (Å²) in [6.45, 7) is 9.79. The van der Waals surface area contributed by atoms with Crippen molar-refractivity contribution < 1.29 is 14.4 Å². The first kappa shape index (κ1) is 28.2. The highest BCUT2D eigenvalue weighted by atomic mass is 16.2. The molecule has 41 heavy (non-hydrogen) atoms. The van der Waals surface area contributed by atoms with Crippen molar-refractivity contribution in [3.63, 3.8) is 0 Å². The van der Waals surface area contributed by atoms with Gasteiger partial charge in [-0.25, -0.2) is 4.98 Å². The molecule has 8 nitrogen and oxygen atoms in total. The van der Waals surface area contributed by atoms with Gasteiger partial charge in [-0.1, -0.05) is 57.2 Å². The first-order chi connectivity index (χ1) is 19.5. The standard InChI is InChI=1S/C33H37N5O3/c1-21(2)35-18-23-9-6-7-10-24(23)19-38(31(41)32(3,4)5)20-28(39)36-26-13-12-22-16-33(17-25(22)15-26)27-11-8-14-34-29(27)37-30(33)40/h6-15,18,21H,16-17,19-20H2,1-5H3,(H,36,39)(H,34,37,40). The van der Waals surface area contributed by atoms with Gasteiger partial charge in [-0.3, -0.25) is 19.4 Å². The number of fused-ring (bicyclic) bond motifs is 3. The van der Waals surface area contributed by atoms with Crippen molar-refractivity contribution in [2.45, 2.75) is 65.5 Å². The van der Waals surface area contributed by atoms with Crippen LogP contribution < -0.4 is 10.6 Å². The summed E-state index contributed by atoms with van der Waals surface area (Å²) in [5.41, 5.74) is 4.19. The van der Waals surface area contributed by atoms with E-state index in [1.807, 2.05) is 95.4 Å². The molecular formula is C33H37N5O3. The van der Waals surface area contributed by atoms with Crippen molar-refractivity contribution in [2.75, 3.05) is 17.2 Å². The number of carbonyl (C=O) groups is 3. The molecule has 1 aromatic heterocycles. The Bertz CT molecular complexity index is 1540. The molecule has 2 heterocycles. The van der Waals surface area contributed by atoms with Crippen molar-refractivity contribution in [2.24, 2.45) is 10.4 Å². The van der Waals surface area contributed by atoms with Crippen LogP contribution in [0.1, 0.15) is 62.4 Å². The van der Waals surface area contributed by atoms with Crippen molar-refractivity contribution in [3.8, 4) is 0 Å². The number of pyridine rings is 1. The van der Waals surface area contributed by atoms with Gasteiger partial charge in [0.15, 0.2) is 0 Å². The van der Waals surface area contributed by atoms with Gasteiger partial charge in [0, 0.05) is 41.7 Å². The molecular weight excluding hydrogens is 514 g/mol. The number of amides is 3. The summed E-state index contributed by atoms with van der Waals surface area (Å²) in [5, 5.41) is 5.91. The molecule has 2 aliphatic rings. The number of nitrogens with one attached hydrogen (secondary N) is 2. The molecule has 1 aliphatic carbocycles. The average molecular weight is 552 g/mol. The van der Waals surface area contributed by atoms with Gasteiger partial charge in [-0.05, 0) is 67.1 Å². The molecule has 1 unspecified atom stereocenters. The van der Waals surface area contributed by atoms with Gasteiger partial charge in [0.1, 0.15) is 12.4 Å². The van der Waals surface area contributed by atoms with Crippen molar-refractivity contribution in [1.82, 2.24) is 9.88 Å². The number of nitrogens with zero attached hydrogens (tertiary/aromatic N) is 3. The minimum absolute atomic E-state index is 0.0389. The predicted molar refractivity (Wildman–Crippen MR) is 161 cm³/mol. The van der Waals surface area contributed by atoms with E-state index in [9.17, 15) is 14.4 Å². The van der Waals surface area contributed by atoms with Gasteiger partial charge in [0.2, 0.25) is 17.7 Å². The highest BCUT2D eigenvalue weighted by molar-refractivity contribution is 6.06. The maximum Gasteiger partial charge on any atom is 0.244 e. The Kier molecular flexibility index (Phi) is 7.51. The van der Waals surface area contributed by atoms with Gasteiger partial charge in [-0.15, -0.1) is 0 Å².